The minimum atomic E-state index is -0.854. The predicted octanol–water partition coefficient (Wildman–Crippen LogP) is 2.08. The second kappa shape index (κ2) is 3.01. The predicted molar refractivity (Wildman–Crippen MR) is 44.2 cm³/mol. The average Bonchev–Trinajstić information content (AvgIpc) is 2.28. The van der Waals surface area contributed by atoms with Gasteiger partial charge >= 0.3 is 5.97 Å². The van der Waals surface area contributed by atoms with Gasteiger partial charge in [0.05, 0.1) is 0 Å². The van der Waals surface area contributed by atoms with Crippen LogP contribution in [-0.4, -0.2) is 11.1 Å². The SMILES string of the molecule is Cc1cc(C)c(C(C)C(=O)O)o1. The van der Waals surface area contributed by atoms with Crippen molar-refractivity contribution in [1.29, 1.82) is 0 Å². The molecule has 1 N–H and O–H groups in total. The molecule has 1 atom stereocenters. The van der Waals surface area contributed by atoms with E-state index in [1.165, 1.54) is 0 Å². The fraction of sp³-hybridized carbons (Fsp3) is 0.444. The maximum absolute atomic E-state index is 10.6. The Morgan fingerprint density at radius 3 is 2.50 bits per heavy atom. The van der Waals surface area contributed by atoms with Crippen molar-refractivity contribution in [3.63, 3.8) is 0 Å². The van der Waals surface area contributed by atoms with Gasteiger partial charge in [-0.1, -0.05) is 0 Å². The molecule has 66 valence electrons. The maximum Gasteiger partial charge on any atom is 0.313 e. The van der Waals surface area contributed by atoms with E-state index in [1.54, 1.807) is 6.92 Å². The molecule has 1 rings (SSSR count). The van der Waals surface area contributed by atoms with Crippen LogP contribution in [0.15, 0.2) is 10.5 Å². The zero-order chi connectivity index (χ0) is 9.30. The number of rotatable bonds is 2. The first kappa shape index (κ1) is 8.84. The van der Waals surface area contributed by atoms with Crippen molar-refractivity contribution in [2.75, 3.05) is 0 Å². The Morgan fingerprint density at radius 2 is 2.17 bits per heavy atom. The van der Waals surface area contributed by atoms with E-state index in [1.807, 2.05) is 19.9 Å². The summed E-state index contributed by atoms with van der Waals surface area (Å²) in [5.41, 5.74) is 0.905. The molecule has 1 aromatic heterocycles. The molecule has 0 aromatic carbocycles. The van der Waals surface area contributed by atoms with Gasteiger partial charge in [-0.3, -0.25) is 4.79 Å². The van der Waals surface area contributed by atoms with Gasteiger partial charge in [0.25, 0.3) is 0 Å². The summed E-state index contributed by atoms with van der Waals surface area (Å²) in [6.45, 7) is 5.28. The molecule has 0 aliphatic carbocycles. The van der Waals surface area contributed by atoms with Crippen LogP contribution in [-0.2, 0) is 4.79 Å². The molecule has 1 aromatic rings. The number of hydrogen-bond acceptors (Lipinski definition) is 2. The highest BCUT2D eigenvalue weighted by Gasteiger charge is 2.19. The lowest BCUT2D eigenvalue weighted by atomic mass is 10.1. The summed E-state index contributed by atoms with van der Waals surface area (Å²) in [5, 5.41) is 8.71. The van der Waals surface area contributed by atoms with Gasteiger partial charge in [-0.05, 0) is 32.4 Å². The Kier molecular flexibility index (Phi) is 2.22. The number of hydrogen-bond donors (Lipinski definition) is 1. The number of carboxylic acids is 1. The van der Waals surface area contributed by atoms with Crippen molar-refractivity contribution in [2.45, 2.75) is 26.7 Å². The van der Waals surface area contributed by atoms with Crippen LogP contribution in [0.1, 0.15) is 29.9 Å². The molecule has 0 saturated heterocycles. The maximum atomic E-state index is 10.6. The first-order valence-electron chi connectivity index (χ1n) is 3.82. The topological polar surface area (TPSA) is 50.4 Å². The number of aryl methyl sites for hydroxylation is 2. The molecule has 0 saturated carbocycles. The second-order valence-corrected chi connectivity index (χ2v) is 2.96. The lowest BCUT2D eigenvalue weighted by Crippen LogP contribution is -2.07. The highest BCUT2D eigenvalue weighted by Crippen LogP contribution is 2.22. The van der Waals surface area contributed by atoms with Crippen molar-refractivity contribution in [1.82, 2.24) is 0 Å². The molecule has 1 unspecified atom stereocenters. The van der Waals surface area contributed by atoms with E-state index in [2.05, 4.69) is 0 Å². The lowest BCUT2D eigenvalue weighted by molar-refractivity contribution is -0.138. The van der Waals surface area contributed by atoms with Gasteiger partial charge in [-0.25, -0.2) is 0 Å². The van der Waals surface area contributed by atoms with Gasteiger partial charge in [0.15, 0.2) is 0 Å². The molecule has 3 heteroatoms. The quantitative estimate of drug-likeness (QED) is 0.735. The van der Waals surface area contributed by atoms with Crippen molar-refractivity contribution >= 4 is 5.97 Å². The number of carboxylic acid groups (broad SMARTS) is 1. The Balaban J connectivity index is 3.02. The van der Waals surface area contributed by atoms with E-state index < -0.39 is 11.9 Å². The van der Waals surface area contributed by atoms with Crippen LogP contribution < -0.4 is 0 Å². The molecule has 0 radical (unpaired) electrons. The molecular weight excluding hydrogens is 156 g/mol. The molecule has 0 spiro atoms. The minimum absolute atomic E-state index is 0.556. The van der Waals surface area contributed by atoms with Gasteiger partial charge in [0.2, 0.25) is 0 Å². The Morgan fingerprint density at radius 1 is 1.58 bits per heavy atom. The summed E-state index contributed by atoms with van der Waals surface area (Å²) in [6.07, 6.45) is 0. The third-order valence-electron chi connectivity index (χ3n) is 1.84. The van der Waals surface area contributed by atoms with E-state index >= 15 is 0 Å². The summed E-state index contributed by atoms with van der Waals surface area (Å²) >= 11 is 0. The molecule has 0 amide bonds. The molecule has 0 bridgehead atoms. The number of furan rings is 1. The number of aliphatic carboxylic acids is 1. The standard InChI is InChI=1S/C9H12O3/c1-5-4-6(2)12-8(5)7(3)9(10)11/h4,7H,1-3H3,(H,10,11). The molecule has 0 aliphatic heterocycles. The zero-order valence-electron chi connectivity index (χ0n) is 7.42. The number of carbonyl (C=O) groups is 1. The van der Waals surface area contributed by atoms with Crippen LogP contribution in [0.2, 0.25) is 0 Å². The second-order valence-electron chi connectivity index (χ2n) is 2.96. The van der Waals surface area contributed by atoms with Crippen molar-refractivity contribution in [3.05, 3.63) is 23.2 Å². The van der Waals surface area contributed by atoms with Crippen LogP contribution in [0, 0.1) is 13.8 Å². The third-order valence-corrected chi connectivity index (χ3v) is 1.84. The summed E-state index contributed by atoms with van der Waals surface area (Å²) < 4.78 is 5.26. The van der Waals surface area contributed by atoms with E-state index in [-0.39, 0.29) is 0 Å². The molecule has 0 aliphatic rings. The van der Waals surface area contributed by atoms with E-state index in [0.717, 1.165) is 11.3 Å². The van der Waals surface area contributed by atoms with Crippen LogP contribution >= 0.6 is 0 Å². The van der Waals surface area contributed by atoms with Crippen LogP contribution in [0.4, 0.5) is 0 Å². The summed E-state index contributed by atoms with van der Waals surface area (Å²) in [6, 6.07) is 1.84. The summed E-state index contributed by atoms with van der Waals surface area (Å²) in [5.74, 6) is -0.0956. The summed E-state index contributed by atoms with van der Waals surface area (Å²) in [7, 11) is 0. The zero-order valence-corrected chi connectivity index (χ0v) is 7.42. The Hall–Kier alpha value is -1.25. The first-order chi connectivity index (χ1) is 5.52. The summed E-state index contributed by atoms with van der Waals surface area (Å²) in [4.78, 5) is 10.6. The Bertz CT molecular complexity index is 299. The normalized spacial score (nSPS) is 12.9. The largest absolute Gasteiger partial charge is 0.481 e. The average molecular weight is 168 g/mol. The molecular formula is C9H12O3. The fourth-order valence-electron chi connectivity index (χ4n) is 1.20. The Labute approximate surface area is 71.0 Å². The molecule has 3 nitrogen and oxygen atoms in total. The van der Waals surface area contributed by atoms with E-state index in [4.69, 9.17) is 9.52 Å². The van der Waals surface area contributed by atoms with Crippen LogP contribution in [0.25, 0.3) is 0 Å². The van der Waals surface area contributed by atoms with Gasteiger partial charge < -0.3 is 9.52 Å². The van der Waals surface area contributed by atoms with E-state index in [9.17, 15) is 4.79 Å². The van der Waals surface area contributed by atoms with Crippen LogP contribution in [0.3, 0.4) is 0 Å². The monoisotopic (exact) mass is 168 g/mol. The lowest BCUT2D eigenvalue weighted by Gasteiger charge is -2.02. The highest BCUT2D eigenvalue weighted by atomic mass is 16.4. The third kappa shape index (κ3) is 1.49. The van der Waals surface area contributed by atoms with Crippen molar-refractivity contribution < 1.29 is 14.3 Å². The smallest absolute Gasteiger partial charge is 0.313 e. The minimum Gasteiger partial charge on any atom is -0.481 e. The van der Waals surface area contributed by atoms with Gasteiger partial charge in [-0.15, -0.1) is 0 Å². The van der Waals surface area contributed by atoms with Crippen molar-refractivity contribution in [2.24, 2.45) is 0 Å². The van der Waals surface area contributed by atoms with Gasteiger partial charge in [-0.2, -0.15) is 0 Å². The van der Waals surface area contributed by atoms with Gasteiger partial charge in [0.1, 0.15) is 17.4 Å². The first-order valence-corrected chi connectivity index (χ1v) is 3.82. The van der Waals surface area contributed by atoms with E-state index in [0.29, 0.717) is 5.76 Å². The molecule has 1 heterocycles. The molecule has 12 heavy (non-hydrogen) atoms. The van der Waals surface area contributed by atoms with Gasteiger partial charge in [0, 0.05) is 0 Å². The fourth-order valence-corrected chi connectivity index (χ4v) is 1.20. The van der Waals surface area contributed by atoms with Crippen LogP contribution in [0.5, 0.6) is 0 Å². The van der Waals surface area contributed by atoms with Crippen molar-refractivity contribution in [3.8, 4) is 0 Å². The molecule has 0 fully saturated rings. The highest BCUT2D eigenvalue weighted by molar-refractivity contribution is 5.75.